The van der Waals surface area contributed by atoms with E-state index in [4.69, 9.17) is 0 Å². The fourth-order valence-corrected chi connectivity index (χ4v) is 2.36. The van der Waals surface area contributed by atoms with Crippen LogP contribution in [0.1, 0.15) is 23.4 Å². The lowest BCUT2D eigenvalue weighted by molar-refractivity contribution is 0.828. The number of fused-ring (bicyclic) bond motifs is 1. The van der Waals surface area contributed by atoms with E-state index in [0.29, 0.717) is 0 Å². The summed E-state index contributed by atoms with van der Waals surface area (Å²) in [6.45, 7) is 5.23. The van der Waals surface area contributed by atoms with Crippen LogP contribution in [0.25, 0.3) is 5.69 Å². The van der Waals surface area contributed by atoms with Crippen LogP contribution in [0.15, 0.2) is 24.5 Å². The van der Waals surface area contributed by atoms with Crippen molar-refractivity contribution in [3.05, 3.63) is 41.5 Å². The summed E-state index contributed by atoms with van der Waals surface area (Å²) in [6, 6.07) is 6.63. The van der Waals surface area contributed by atoms with Crippen LogP contribution in [0.2, 0.25) is 0 Å². The van der Waals surface area contributed by atoms with Gasteiger partial charge in [0.05, 0.1) is 12.0 Å². The first-order chi connectivity index (χ1) is 8.25. The van der Waals surface area contributed by atoms with E-state index in [2.05, 4.69) is 40.0 Å². The summed E-state index contributed by atoms with van der Waals surface area (Å²) < 4.78 is 2.14. The molecular formula is C14H17N3. The maximum atomic E-state index is 4.35. The standard InChI is InChI=1S/C14H17N3/c1-10-11(2)17(9-16-10)13-6-5-12-4-3-7-15-14(12)8-13/h5-6,8-9,15H,3-4,7H2,1-2H3. The van der Waals surface area contributed by atoms with Gasteiger partial charge in [0.15, 0.2) is 0 Å². The van der Waals surface area contributed by atoms with E-state index in [1.807, 2.05) is 13.3 Å². The molecule has 0 unspecified atom stereocenters. The lowest BCUT2D eigenvalue weighted by Gasteiger charge is -2.19. The second kappa shape index (κ2) is 3.91. The molecule has 0 saturated heterocycles. The lowest BCUT2D eigenvalue weighted by Crippen LogP contribution is -2.12. The van der Waals surface area contributed by atoms with Gasteiger partial charge in [0.1, 0.15) is 0 Å². The Kier molecular flexibility index (Phi) is 2.39. The van der Waals surface area contributed by atoms with E-state index in [9.17, 15) is 0 Å². The normalized spacial score (nSPS) is 14.2. The molecule has 0 aliphatic carbocycles. The highest BCUT2D eigenvalue weighted by Crippen LogP contribution is 2.25. The number of nitrogens with one attached hydrogen (secondary N) is 1. The molecule has 0 radical (unpaired) electrons. The molecule has 3 nitrogen and oxygen atoms in total. The molecule has 2 aromatic rings. The largest absolute Gasteiger partial charge is 0.385 e. The van der Waals surface area contributed by atoms with Crippen molar-refractivity contribution in [3.63, 3.8) is 0 Å². The Labute approximate surface area is 101 Å². The first-order valence-corrected chi connectivity index (χ1v) is 6.13. The summed E-state index contributed by atoms with van der Waals surface area (Å²) in [5.41, 5.74) is 6.20. The molecule has 1 aromatic heterocycles. The molecule has 0 spiro atoms. The maximum Gasteiger partial charge on any atom is 0.0997 e. The van der Waals surface area contributed by atoms with Crippen molar-refractivity contribution < 1.29 is 0 Å². The molecule has 0 atom stereocenters. The number of hydrogen-bond acceptors (Lipinski definition) is 2. The summed E-state index contributed by atoms with van der Waals surface area (Å²) in [4.78, 5) is 4.35. The highest BCUT2D eigenvalue weighted by molar-refractivity contribution is 5.58. The van der Waals surface area contributed by atoms with Gasteiger partial charge in [-0.05, 0) is 44.4 Å². The zero-order valence-corrected chi connectivity index (χ0v) is 10.3. The van der Waals surface area contributed by atoms with Gasteiger partial charge in [-0.3, -0.25) is 0 Å². The van der Waals surface area contributed by atoms with Gasteiger partial charge in [-0.2, -0.15) is 0 Å². The summed E-state index contributed by atoms with van der Waals surface area (Å²) in [5.74, 6) is 0. The molecule has 17 heavy (non-hydrogen) atoms. The Balaban J connectivity index is 2.07. The quantitative estimate of drug-likeness (QED) is 0.812. The van der Waals surface area contributed by atoms with Crippen LogP contribution in [-0.2, 0) is 6.42 Å². The Morgan fingerprint density at radius 2 is 2.18 bits per heavy atom. The van der Waals surface area contributed by atoms with Crippen molar-refractivity contribution in [1.29, 1.82) is 0 Å². The van der Waals surface area contributed by atoms with Crippen LogP contribution in [-0.4, -0.2) is 16.1 Å². The third-order valence-electron chi connectivity index (χ3n) is 3.56. The van der Waals surface area contributed by atoms with Gasteiger partial charge >= 0.3 is 0 Å². The predicted octanol–water partition coefficient (Wildman–Crippen LogP) is 2.85. The molecule has 2 heterocycles. The Hall–Kier alpha value is -1.77. The molecule has 1 N–H and O–H groups in total. The van der Waals surface area contributed by atoms with E-state index < -0.39 is 0 Å². The van der Waals surface area contributed by atoms with Gasteiger partial charge in [0.2, 0.25) is 0 Å². The maximum absolute atomic E-state index is 4.35. The van der Waals surface area contributed by atoms with Crippen molar-refractivity contribution in [2.75, 3.05) is 11.9 Å². The minimum Gasteiger partial charge on any atom is -0.385 e. The topological polar surface area (TPSA) is 29.9 Å². The van der Waals surface area contributed by atoms with Gasteiger partial charge in [0, 0.05) is 23.6 Å². The number of benzene rings is 1. The Morgan fingerprint density at radius 3 is 2.94 bits per heavy atom. The Bertz CT molecular complexity index is 555. The summed E-state index contributed by atoms with van der Waals surface area (Å²) >= 11 is 0. The number of nitrogens with zero attached hydrogens (tertiary/aromatic N) is 2. The van der Waals surface area contributed by atoms with Gasteiger partial charge in [-0.15, -0.1) is 0 Å². The molecule has 0 saturated carbocycles. The SMILES string of the molecule is Cc1ncn(-c2ccc3c(c2)NCCC3)c1C. The summed E-state index contributed by atoms with van der Waals surface area (Å²) in [5, 5.41) is 3.47. The van der Waals surface area contributed by atoms with E-state index in [1.54, 1.807) is 0 Å². The molecule has 1 aliphatic rings. The van der Waals surface area contributed by atoms with E-state index in [0.717, 1.165) is 12.2 Å². The monoisotopic (exact) mass is 227 g/mol. The van der Waals surface area contributed by atoms with Gasteiger partial charge in [-0.25, -0.2) is 4.98 Å². The average Bonchev–Trinajstić information content (AvgIpc) is 2.70. The van der Waals surface area contributed by atoms with E-state index in [-0.39, 0.29) is 0 Å². The van der Waals surface area contributed by atoms with E-state index >= 15 is 0 Å². The molecule has 0 fully saturated rings. The van der Waals surface area contributed by atoms with Gasteiger partial charge in [0.25, 0.3) is 0 Å². The van der Waals surface area contributed by atoms with Crippen LogP contribution >= 0.6 is 0 Å². The third kappa shape index (κ3) is 1.71. The minimum atomic E-state index is 1.08. The molecule has 0 amide bonds. The second-order valence-electron chi connectivity index (χ2n) is 4.66. The summed E-state index contributed by atoms with van der Waals surface area (Å²) in [7, 11) is 0. The predicted molar refractivity (Wildman–Crippen MR) is 69.8 cm³/mol. The Morgan fingerprint density at radius 1 is 1.29 bits per heavy atom. The van der Waals surface area contributed by atoms with Crippen LogP contribution in [0.5, 0.6) is 0 Å². The van der Waals surface area contributed by atoms with Gasteiger partial charge in [-0.1, -0.05) is 6.07 Å². The van der Waals surface area contributed by atoms with E-state index in [1.165, 1.54) is 35.5 Å². The zero-order valence-electron chi connectivity index (χ0n) is 10.3. The molecule has 3 rings (SSSR count). The average molecular weight is 227 g/mol. The molecule has 0 bridgehead atoms. The smallest absolute Gasteiger partial charge is 0.0997 e. The van der Waals surface area contributed by atoms with Crippen molar-refractivity contribution in [3.8, 4) is 5.69 Å². The van der Waals surface area contributed by atoms with Crippen LogP contribution in [0.4, 0.5) is 5.69 Å². The van der Waals surface area contributed by atoms with Crippen molar-refractivity contribution >= 4 is 5.69 Å². The lowest BCUT2D eigenvalue weighted by atomic mass is 10.0. The molecule has 88 valence electrons. The number of anilines is 1. The second-order valence-corrected chi connectivity index (χ2v) is 4.66. The van der Waals surface area contributed by atoms with Crippen LogP contribution in [0.3, 0.4) is 0 Å². The first-order valence-electron chi connectivity index (χ1n) is 6.13. The fraction of sp³-hybridized carbons (Fsp3) is 0.357. The highest BCUT2D eigenvalue weighted by Gasteiger charge is 2.10. The van der Waals surface area contributed by atoms with Crippen LogP contribution in [0, 0.1) is 13.8 Å². The molecule has 3 heteroatoms. The molecule has 1 aliphatic heterocycles. The minimum absolute atomic E-state index is 1.08. The van der Waals surface area contributed by atoms with Crippen molar-refractivity contribution in [1.82, 2.24) is 9.55 Å². The number of aryl methyl sites for hydroxylation is 2. The highest BCUT2D eigenvalue weighted by atomic mass is 15.1. The van der Waals surface area contributed by atoms with Crippen LogP contribution < -0.4 is 5.32 Å². The number of hydrogen-bond donors (Lipinski definition) is 1. The fourth-order valence-electron chi connectivity index (χ4n) is 2.36. The number of imidazole rings is 1. The zero-order chi connectivity index (χ0) is 11.8. The van der Waals surface area contributed by atoms with Gasteiger partial charge < -0.3 is 9.88 Å². The number of aromatic nitrogens is 2. The molecular weight excluding hydrogens is 210 g/mol. The summed E-state index contributed by atoms with van der Waals surface area (Å²) in [6.07, 6.45) is 4.31. The van der Waals surface area contributed by atoms with Crippen molar-refractivity contribution in [2.24, 2.45) is 0 Å². The van der Waals surface area contributed by atoms with Crippen molar-refractivity contribution in [2.45, 2.75) is 26.7 Å². The first kappa shape index (κ1) is 10.4. The number of rotatable bonds is 1. The third-order valence-corrected chi connectivity index (χ3v) is 3.56. The molecule has 1 aromatic carbocycles.